The summed E-state index contributed by atoms with van der Waals surface area (Å²) in [5, 5.41) is 3.36. The molecule has 0 spiro atoms. The lowest BCUT2D eigenvalue weighted by Crippen LogP contribution is -2.53. The number of hydrogen-bond acceptors (Lipinski definition) is 4. The van der Waals surface area contributed by atoms with Gasteiger partial charge in [-0.05, 0) is 65.5 Å². The van der Waals surface area contributed by atoms with E-state index in [0.29, 0.717) is 0 Å². The average molecular weight is 284 g/mol. The molecule has 0 aromatic carbocycles. The minimum atomic E-state index is -0.565. The highest BCUT2D eigenvalue weighted by Crippen LogP contribution is 2.19. The third-order valence-corrected chi connectivity index (χ3v) is 4.14. The summed E-state index contributed by atoms with van der Waals surface area (Å²) < 4.78 is 4.96. The van der Waals surface area contributed by atoms with Gasteiger partial charge in [-0.3, -0.25) is 10.1 Å². The van der Waals surface area contributed by atoms with Crippen LogP contribution in [-0.4, -0.2) is 49.2 Å². The lowest BCUT2D eigenvalue weighted by Gasteiger charge is -2.33. The smallest absolute Gasteiger partial charge is 0.325 e. The zero-order valence-electron chi connectivity index (χ0n) is 13.9. The van der Waals surface area contributed by atoms with Gasteiger partial charge in [-0.1, -0.05) is 6.92 Å². The van der Waals surface area contributed by atoms with Crippen molar-refractivity contribution in [1.82, 2.24) is 10.2 Å². The molecule has 0 aliphatic carbocycles. The quantitative estimate of drug-likeness (QED) is 0.729. The van der Waals surface area contributed by atoms with Crippen molar-refractivity contribution < 1.29 is 9.53 Å². The van der Waals surface area contributed by atoms with Gasteiger partial charge in [0.05, 0.1) is 7.11 Å². The van der Waals surface area contributed by atoms with Crippen LogP contribution in [0.4, 0.5) is 0 Å². The van der Waals surface area contributed by atoms with Crippen molar-refractivity contribution in [2.24, 2.45) is 5.92 Å². The number of carbonyl (C=O) groups excluding carboxylic acids is 1. The summed E-state index contributed by atoms with van der Waals surface area (Å²) in [4.78, 5) is 14.5. The van der Waals surface area contributed by atoms with E-state index < -0.39 is 5.54 Å². The molecule has 4 nitrogen and oxygen atoms in total. The van der Waals surface area contributed by atoms with Crippen molar-refractivity contribution in [2.75, 3.05) is 26.7 Å². The van der Waals surface area contributed by atoms with E-state index >= 15 is 0 Å². The summed E-state index contributed by atoms with van der Waals surface area (Å²) in [7, 11) is 1.47. The van der Waals surface area contributed by atoms with Crippen molar-refractivity contribution in [2.45, 2.75) is 65.0 Å². The second-order valence-electron chi connectivity index (χ2n) is 6.77. The van der Waals surface area contributed by atoms with Crippen LogP contribution in [0.5, 0.6) is 0 Å². The normalized spacial score (nSPS) is 23.6. The number of methoxy groups -OCH3 is 1. The maximum absolute atomic E-state index is 12.0. The minimum Gasteiger partial charge on any atom is -0.468 e. The fraction of sp³-hybridized carbons (Fsp3) is 0.938. The van der Waals surface area contributed by atoms with Crippen molar-refractivity contribution in [1.29, 1.82) is 0 Å². The van der Waals surface area contributed by atoms with Crippen LogP contribution >= 0.6 is 0 Å². The largest absolute Gasteiger partial charge is 0.468 e. The average Bonchev–Trinajstić information content (AvgIpc) is 2.37. The Hall–Kier alpha value is -0.610. The summed E-state index contributed by atoms with van der Waals surface area (Å²) in [6, 6.07) is 0.272. The van der Waals surface area contributed by atoms with Crippen LogP contribution in [0.15, 0.2) is 0 Å². The zero-order valence-corrected chi connectivity index (χ0v) is 13.9. The number of esters is 1. The van der Waals surface area contributed by atoms with E-state index in [0.717, 1.165) is 25.3 Å². The molecule has 2 unspecified atom stereocenters. The molecule has 0 radical (unpaired) electrons. The summed E-state index contributed by atoms with van der Waals surface area (Å²) in [6.45, 7) is 11.9. The van der Waals surface area contributed by atoms with Crippen molar-refractivity contribution in [3.63, 3.8) is 0 Å². The molecule has 118 valence electrons. The molecule has 0 saturated carbocycles. The first-order chi connectivity index (χ1) is 9.37. The summed E-state index contributed by atoms with van der Waals surface area (Å²) >= 11 is 0. The van der Waals surface area contributed by atoms with Crippen molar-refractivity contribution in [3.8, 4) is 0 Å². The molecule has 0 aromatic rings. The van der Waals surface area contributed by atoms with Crippen molar-refractivity contribution in [3.05, 3.63) is 0 Å². The fourth-order valence-electron chi connectivity index (χ4n) is 3.24. The Morgan fingerprint density at radius 1 is 1.50 bits per heavy atom. The number of carbonyl (C=O) groups is 1. The van der Waals surface area contributed by atoms with Gasteiger partial charge in [0.2, 0.25) is 0 Å². The zero-order chi connectivity index (χ0) is 15.2. The number of piperidine rings is 1. The molecule has 0 bridgehead atoms. The second kappa shape index (κ2) is 7.99. The lowest BCUT2D eigenvalue weighted by molar-refractivity contribution is -0.148. The molecular formula is C16H32N2O2. The Labute approximate surface area is 124 Å². The standard InChI is InChI=1S/C16H32N2O2/c1-13(2)17-16(4,15(19)20-5)9-7-11-18-10-6-8-14(3)12-18/h13-14,17H,6-12H2,1-5H3. The summed E-state index contributed by atoms with van der Waals surface area (Å²) in [5.41, 5.74) is -0.565. The van der Waals surface area contributed by atoms with E-state index in [-0.39, 0.29) is 12.0 Å². The molecular weight excluding hydrogens is 252 g/mol. The highest BCUT2D eigenvalue weighted by Gasteiger charge is 2.34. The number of rotatable bonds is 7. The molecule has 4 heteroatoms. The fourth-order valence-corrected chi connectivity index (χ4v) is 3.24. The molecule has 1 rings (SSSR count). The number of hydrogen-bond donors (Lipinski definition) is 1. The summed E-state index contributed by atoms with van der Waals surface area (Å²) in [6.07, 6.45) is 4.51. The molecule has 0 amide bonds. The molecule has 1 aliphatic heterocycles. The first-order valence-electron chi connectivity index (χ1n) is 7.96. The van der Waals surface area contributed by atoms with Gasteiger partial charge in [0, 0.05) is 12.6 Å². The Morgan fingerprint density at radius 2 is 2.20 bits per heavy atom. The van der Waals surface area contributed by atoms with Gasteiger partial charge >= 0.3 is 5.97 Å². The van der Waals surface area contributed by atoms with Crippen molar-refractivity contribution >= 4 is 5.97 Å². The number of nitrogens with one attached hydrogen (secondary N) is 1. The monoisotopic (exact) mass is 284 g/mol. The number of nitrogens with zero attached hydrogens (tertiary/aromatic N) is 1. The van der Waals surface area contributed by atoms with Crippen LogP contribution < -0.4 is 5.32 Å². The molecule has 1 N–H and O–H groups in total. The van der Waals surface area contributed by atoms with E-state index in [4.69, 9.17) is 4.74 Å². The van der Waals surface area contributed by atoms with Gasteiger partial charge in [-0.25, -0.2) is 0 Å². The maximum atomic E-state index is 12.0. The van der Waals surface area contributed by atoms with Crippen LogP contribution in [0.2, 0.25) is 0 Å². The minimum absolute atomic E-state index is 0.154. The van der Waals surface area contributed by atoms with Crippen LogP contribution in [-0.2, 0) is 9.53 Å². The highest BCUT2D eigenvalue weighted by molar-refractivity contribution is 5.80. The third kappa shape index (κ3) is 5.41. The Balaban J connectivity index is 2.43. The van der Waals surface area contributed by atoms with E-state index in [1.165, 1.54) is 33.0 Å². The maximum Gasteiger partial charge on any atom is 0.325 e. The van der Waals surface area contributed by atoms with Gasteiger partial charge in [0.1, 0.15) is 5.54 Å². The topological polar surface area (TPSA) is 41.6 Å². The number of likely N-dealkylation sites (tertiary alicyclic amines) is 1. The predicted molar refractivity (Wildman–Crippen MR) is 82.8 cm³/mol. The highest BCUT2D eigenvalue weighted by atomic mass is 16.5. The second-order valence-corrected chi connectivity index (χ2v) is 6.77. The summed E-state index contributed by atoms with van der Waals surface area (Å²) in [5.74, 6) is 0.655. The van der Waals surface area contributed by atoms with Crippen LogP contribution in [0.1, 0.15) is 53.4 Å². The molecule has 20 heavy (non-hydrogen) atoms. The predicted octanol–water partition coefficient (Wildman–Crippen LogP) is 2.43. The van der Waals surface area contributed by atoms with E-state index in [1.807, 2.05) is 6.92 Å². The molecule has 1 aliphatic rings. The Kier molecular flexibility index (Phi) is 6.96. The number of ether oxygens (including phenoxy) is 1. The van der Waals surface area contributed by atoms with Crippen LogP contribution in [0.3, 0.4) is 0 Å². The van der Waals surface area contributed by atoms with E-state index in [1.54, 1.807) is 0 Å². The van der Waals surface area contributed by atoms with Crippen LogP contribution in [0.25, 0.3) is 0 Å². The van der Waals surface area contributed by atoms with Gasteiger partial charge < -0.3 is 9.64 Å². The SMILES string of the molecule is COC(=O)C(C)(CCCN1CCCC(C)C1)NC(C)C. The molecule has 2 atom stereocenters. The molecule has 1 saturated heterocycles. The Morgan fingerprint density at radius 3 is 2.75 bits per heavy atom. The first kappa shape index (κ1) is 17.4. The lowest BCUT2D eigenvalue weighted by atomic mass is 9.94. The molecule has 1 fully saturated rings. The van der Waals surface area contributed by atoms with Gasteiger partial charge in [-0.2, -0.15) is 0 Å². The van der Waals surface area contributed by atoms with Gasteiger partial charge in [0.15, 0.2) is 0 Å². The van der Waals surface area contributed by atoms with Crippen LogP contribution in [0, 0.1) is 5.92 Å². The van der Waals surface area contributed by atoms with Gasteiger partial charge in [0.25, 0.3) is 0 Å². The first-order valence-corrected chi connectivity index (χ1v) is 7.96. The van der Waals surface area contributed by atoms with E-state index in [9.17, 15) is 4.79 Å². The van der Waals surface area contributed by atoms with Gasteiger partial charge in [-0.15, -0.1) is 0 Å². The third-order valence-electron chi connectivity index (χ3n) is 4.14. The molecule has 0 aromatic heterocycles. The Bertz CT molecular complexity index is 307. The molecule has 1 heterocycles. The van der Waals surface area contributed by atoms with E-state index in [2.05, 4.69) is 31.0 Å².